The molecule has 1 aromatic heterocycles. The van der Waals surface area contributed by atoms with Crippen molar-refractivity contribution in [3.8, 4) is 0 Å². The lowest BCUT2D eigenvalue weighted by Crippen LogP contribution is -2.54. The van der Waals surface area contributed by atoms with Gasteiger partial charge in [0.2, 0.25) is 11.9 Å². The molecule has 0 aromatic carbocycles. The van der Waals surface area contributed by atoms with E-state index in [9.17, 15) is 4.79 Å². The van der Waals surface area contributed by atoms with Crippen molar-refractivity contribution >= 4 is 11.9 Å². The Morgan fingerprint density at radius 1 is 1.39 bits per heavy atom. The molecule has 2 heterocycles. The molecule has 2 aliphatic rings. The number of nitrogens with zero attached hydrogens (tertiary/aromatic N) is 3. The Kier molecular flexibility index (Phi) is 2.89. The van der Waals surface area contributed by atoms with Crippen LogP contribution in [0.15, 0.2) is 12.4 Å². The van der Waals surface area contributed by atoms with Crippen LogP contribution in [0.4, 0.5) is 5.95 Å². The predicted molar refractivity (Wildman–Crippen MR) is 68.3 cm³/mol. The van der Waals surface area contributed by atoms with Gasteiger partial charge in [-0.05, 0) is 24.8 Å². The monoisotopic (exact) mass is 246 g/mol. The molecule has 1 amide bonds. The molecule has 2 fully saturated rings. The molecule has 1 aliphatic heterocycles. The first-order valence-corrected chi connectivity index (χ1v) is 6.62. The minimum atomic E-state index is 0.111. The van der Waals surface area contributed by atoms with Crippen molar-refractivity contribution in [2.45, 2.75) is 32.2 Å². The van der Waals surface area contributed by atoms with Crippen molar-refractivity contribution in [3.05, 3.63) is 18.0 Å². The average molecular weight is 246 g/mol. The van der Waals surface area contributed by atoms with Crippen LogP contribution in [0.25, 0.3) is 0 Å². The van der Waals surface area contributed by atoms with Crippen LogP contribution >= 0.6 is 0 Å². The van der Waals surface area contributed by atoms with Crippen LogP contribution in [0.5, 0.6) is 0 Å². The molecule has 1 saturated heterocycles. The lowest BCUT2D eigenvalue weighted by Gasteiger charge is -2.38. The van der Waals surface area contributed by atoms with Crippen molar-refractivity contribution in [1.29, 1.82) is 0 Å². The zero-order valence-electron chi connectivity index (χ0n) is 10.6. The zero-order chi connectivity index (χ0) is 12.5. The minimum absolute atomic E-state index is 0.111. The van der Waals surface area contributed by atoms with E-state index in [0.717, 1.165) is 43.9 Å². The fourth-order valence-electron chi connectivity index (χ4n) is 2.05. The summed E-state index contributed by atoms with van der Waals surface area (Å²) in [7, 11) is 0. The lowest BCUT2D eigenvalue weighted by molar-refractivity contribution is -0.125. The summed E-state index contributed by atoms with van der Waals surface area (Å²) in [6, 6.07) is 0.451. The van der Waals surface area contributed by atoms with Crippen LogP contribution < -0.4 is 10.2 Å². The molecule has 5 heteroatoms. The molecular weight excluding hydrogens is 228 g/mol. The second-order valence-electron chi connectivity index (χ2n) is 5.13. The Balaban J connectivity index is 1.52. The number of carbonyl (C=O) groups excluding carboxylic acids is 1. The van der Waals surface area contributed by atoms with E-state index in [-0.39, 0.29) is 11.8 Å². The zero-order valence-corrected chi connectivity index (χ0v) is 10.6. The van der Waals surface area contributed by atoms with E-state index in [0.29, 0.717) is 6.04 Å². The van der Waals surface area contributed by atoms with Gasteiger partial charge in [-0.25, -0.2) is 9.97 Å². The van der Waals surface area contributed by atoms with Crippen molar-refractivity contribution in [1.82, 2.24) is 15.3 Å². The summed E-state index contributed by atoms with van der Waals surface area (Å²) < 4.78 is 0. The maximum atomic E-state index is 11.8. The van der Waals surface area contributed by atoms with Crippen LogP contribution in [0.1, 0.15) is 25.3 Å². The van der Waals surface area contributed by atoms with Crippen molar-refractivity contribution in [3.63, 3.8) is 0 Å². The van der Waals surface area contributed by atoms with E-state index < -0.39 is 0 Å². The molecular formula is C13H18N4O. The Morgan fingerprint density at radius 3 is 2.61 bits per heavy atom. The molecule has 1 N–H and O–H groups in total. The molecule has 96 valence electrons. The maximum absolute atomic E-state index is 11.8. The molecule has 0 radical (unpaired) electrons. The van der Waals surface area contributed by atoms with Gasteiger partial charge >= 0.3 is 0 Å². The molecule has 1 aromatic rings. The van der Waals surface area contributed by atoms with E-state index >= 15 is 0 Å². The van der Waals surface area contributed by atoms with Gasteiger partial charge in [0.15, 0.2) is 0 Å². The van der Waals surface area contributed by atoms with Gasteiger partial charge in [0.05, 0.1) is 5.92 Å². The van der Waals surface area contributed by atoms with E-state index in [1.165, 1.54) is 0 Å². The molecule has 18 heavy (non-hydrogen) atoms. The van der Waals surface area contributed by atoms with Crippen LogP contribution in [-0.4, -0.2) is 35.0 Å². The van der Waals surface area contributed by atoms with Gasteiger partial charge in [0.1, 0.15) is 0 Å². The third-order valence-corrected chi connectivity index (χ3v) is 3.56. The van der Waals surface area contributed by atoms with Gasteiger partial charge in [-0.1, -0.05) is 6.92 Å². The van der Waals surface area contributed by atoms with Crippen LogP contribution in [0, 0.1) is 5.92 Å². The standard InChI is InChI=1S/C13H18N4O/c1-2-9-5-14-13(15-6-9)17-7-10(8-17)12(18)16-11-3-4-11/h5-6,10-11H,2-4,7-8H2,1H3,(H,16,18). The summed E-state index contributed by atoms with van der Waals surface area (Å²) >= 11 is 0. The number of amides is 1. The first-order valence-electron chi connectivity index (χ1n) is 6.62. The molecule has 5 nitrogen and oxygen atoms in total. The molecule has 0 bridgehead atoms. The second-order valence-corrected chi connectivity index (χ2v) is 5.13. The second kappa shape index (κ2) is 4.55. The summed E-state index contributed by atoms with van der Waals surface area (Å²) in [5, 5.41) is 3.04. The van der Waals surface area contributed by atoms with E-state index in [1.54, 1.807) is 0 Å². The molecule has 1 saturated carbocycles. The molecule has 0 unspecified atom stereocenters. The number of aromatic nitrogens is 2. The van der Waals surface area contributed by atoms with Gasteiger partial charge < -0.3 is 10.2 Å². The minimum Gasteiger partial charge on any atom is -0.353 e. The van der Waals surface area contributed by atoms with Crippen molar-refractivity contribution in [2.75, 3.05) is 18.0 Å². The van der Waals surface area contributed by atoms with Crippen LogP contribution in [0.2, 0.25) is 0 Å². The number of nitrogens with one attached hydrogen (secondary N) is 1. The quantitative estimate of drug-likeness (QED) is 0.852. The van der Waals surface area contributed by atoms with E-state index in [2.05, 4.69) is 27.1 Å². The number of carbonyl (C=O) groups is 1. The SMILES string of the molecule is CCc1cnc(N2CC(C(=O)NC3CC3)C2)nc1. The largest absolute Gasteiger partial charge is 0.353 e. The lowest BCUT2D eigenvalue weighted by atomic mass is 10.00. The maximum Gasteiger partial charge on any atom is 0.226 e. The fraction of sp³-hybridized carbons (Fsp3) is 0.615. The fourth-order valence-corrected chi connectivity index (χ4v) is 2.05. The Morgan fingerprint density at radius 2 is 2.06 bits per heavy atom. The molecule has 3 rings (SSSR count). The number of anilines is 1. The first-order chi connectivity index (χ1) is 8.76. The van der Waals surface area contributed by atoms with Crippen LogP contribution in [0.3, 0.4) is 0 Å². The normalized spacial score (nSPS) is 19.5. The van der Waals surface area contributed by atoms with Gasteiger partial charge in [0, 0.05) is 31.5 Å². The third-order valence-electron chi connectivity index (χ3n) is 3.56. The molecule has 1 aliphatic carbocycles. The first kappa shape index (κ1) is 11.4. The van der Waals surface area contributed by atoms with E-state index in [1.807, 2.05) is 12.4 Å². The van der Waals surface area contributed by atoms with Gasteiger partial charge in [0.25, 0.3) is 0 Å². The topological polar surface area (TPSA) is 58.1 Å². The van der Waals surface area contributed by atoms with Crippen molar-refractivity contribution < 1.29 is 4.79 Å². The van der Waals surface area contributed by atoms with E-state index in [4.69, 9.17) is 0 Å². The van der Waals surface area contributed by atoms with Gasteiger partial charge in [-0.2, -0.15) is 0 Å². The Labute approximate surface area is 107 Å². The highest BCUT2D eigenvalue weighted by atomic mass is 16.2. The highest BCUT2D eigenvalue weighted by Crippen LogP contribution is 2.24. The third kappa shape index (κ3) is 2.30. The summed E-state index contributed by atoms with van der Waals surface area (Å²) in [5.41, 5.74) is 1.14. The summed E-state index contributed by atoms with van der Waals surface area (Å²) in [6.45, 7) is 3.56. The number of rotatable bonds is 4. The summed E-state index contributed by atoms with van der Waals surface area (Å²) in [4.78, 5) is 22.5. The number of hydrogen-bond donors (Lipinski definition) is 1. The van der Waals surface area contributed by atoms with Gasteiger partial charge in [-0.3, -0.25) is 4.79 Å². The average Bonchev–Trinajstić information content (AvgIpc) is 3.12. The molecule has 0 spiro atoms. The Bertz CT molecular complexity index is 435. The molecule has 0 atom stereocenters. The Hall–Kier alpha value is -1.65. The highest BCUT2D eigenvalue weighted by molar-refractivity contribution is 5.82. The highest BCUT2D eigenvalue weighted by Gasteiger charge is 2.36. The van der Waals surface area contributed by atoms with Crippen molar-refractivity contribution in [2.24, 2.45) is 5.92 Å². The smallest absolute Gasteiger partial charge is 0.226 e. The summed E-state index contributed by atoms with van der Waals surface area (Å²) in [6.07, 6.45) is 6.96. The van der Waals surface area contributed by atoms with Gasteiger partial charge in [-0.15, -0.1) is 0 Å². The summed E-state index contributed by atoms with van der Waals surface area (Å²) in [5.74, 6) is 1.04. The predicted octanol–water partition coefficient (Wildman–Crippen LogP) is 0.754. The number of aryl methyl sites for hydroxylation is 1. The van der Waals surface area contributed by atoms with Crippen LogP contribution in [-0.2, 0) is 11.2 Å². The number of hydrogen-bond acceptors (Lipinski definition) is 4.